The molecule has 2 aromatic carbocycles. The molecule has 0 unspecified atom stereocenters. The Morgan fingerprint density at radius 2 is 1.77 bits per heavy atom. The van der Waals surface area contributed by atoms with Gasteiger partial charge in [-0.15, -0.1) is 0 Å². The Morgan fingerprint density at radius 1 is 1.06 bits per heavy atom. The number of hydrogen-bond donors (Lipinski definition) is 3. The molecule has 3 aromatic rings. The van der Waals surface area contributed by atoms with Gasteiger partial charge in [-0.2, -0.15) is 23.3 Å². The smallest absolute Gasteiger partial charge is 0.421 e. The van der Waals surface area contributed by atoms with Crippen LogP contribution in [-0.4, -0.2) is 27.9 Å². The number of carbonyl (C=O) groups excluding carboxylic acids is 1. The molecule has 1 amide bonds. The number of amides is 1. The molecule has 0 fully saturated rings. The van der Waals surface area contributed by atoms with Crippen LogP contribution in [0.25, 0.3) is 0 Å². The van der Waals surface area contributed by atoms with E-state index in [-0.39, 0.29) is 17.2 Å². The Hall–Kier alpha value is -4.22. The Bertz CT molecular complexity index is 1230. The number of rotatable bonds is 6. The highest BCUT2D eigenvalue weighted by molar-refractivity contribution is 5.86. The van der Waals surface area contributed by atoms with E-state index in [9.17, 15) is 22.4 Å². The zero-order valence-corrected chi connectivity index (χ0v) is 18.9. The second-order valence-corrected chi connectivity index (χ2v) is 8.18. The van der Waals surface area contributed by atoms with Crippen LogP contribution in [0.3, 0.4) is 0 Å². The number of hydrazone groups is 1. The summed E-state index contributed by atoms with van der Waals surface area (Å²) >= 11 is 0. The second-order valence-electron chi connectivity index (χ2n) is 8.18. The van der Waals surface area contributed by atoms with Crippen molar-refractivity contribution in [2.45, 2.75) is 32.5 Å². The molecule has 0 radical (unpaired) electrons. The molecule has 0 aliphatic heterocycles. The van der Waals surface area contributed by atoms with Gasteiger partial charge in [-0.05, 0) is 45.0 Å². The first-order valence-corrected chi connectivity index (χ1v) is 10.3. The van der Waals surface area contributed by atoms with Crippen LogP contribution in [-0.2, 0) is 10.9 Å². The van der Waals surface area contributed by atoms with Crippen LogP contribution < -0.4 is 16.1 Å². The summed E-state index contributed by atoms with van der Waals surface area (Å²) in [6.45, 7) is 5.10. The average Bonchev–Trinajstić information content (AvgIpc) is 2.73. The molecule has 0 aliphatic carbocycles. The van der Waals surface area contributed by atoms with E-state index in [0.717, 1.165) is 6.21 Å². The van der Waals surface area contributed by atoms with Gasteiger partial charge in [0, 0.05) is 23.1 Å². The van der Waals surface area contributed by atoms with Crippen LogP contribution in [0.1, 0.15) is 31.9 Å². The summed E-state index contributed by atoms with van der Waals surface area (Å²) in [6.07, 6.45) is -3.72. The number of alkyl halides is 3. The van der Waals surface area contributed by atoms with Crippen molar-refractivity contribution in [3.8, 4) is 0 Å². The molecule has 0 atom stereocenters. The minimum Gasteiger partial charge on any atom is -0.444 e. The minimum atomic E-state index is -4.75. The average molecular weight is 490 g/mol. The van der Waals surface area contributed by atoms with Gasteiger partial charge in [-0.1, -0.05) is 24.3 Å². The van der Waals surface area contributed by atoms with E-state index in [0.29, 0.717) is 11.9 Å². The summed E-state index contributed by atoms with van der Waals surface area (Å²) in [7, 11) is 0. The Morgan fingerprint density at radius 3 is 2.46 bits per heavy atom. The first kappa shape index (κ1) is 25.4. The highest BCUT2D eigenvalue weighted by Gasteiger charge is 2.35. The highest BCUT2D eigenvalue weighted by atomic mass is 19.4. The summed E-state index contributed by atoms with van der Waals surface area (Å²) in [5.74, 6) is -1.32. The molecule has 3 N–H and O–H groups in total. The highest BCUT2D eigenvalue weighted by Crippen LogP contribution is 2.35. The number of nitrogens with zero attached hydrogens (tertiary/aromatic N) is 3. The molecular formula is C23H22F4N6O2. The first-order valence-electron chi connectivity index (χ1n) is 10.3. The van der Waals surface area contributed by atoms with Gasteiger partial charge in [0.2, 0.25) is 5.95 Å². The molecule has 3 rings (SSSR count). The summed E-state index contributed by atoms with van der Waals surface area (Å²) in [5, 5.41) is 8.87. The monoisotopic (exact) mass is 490 g/mol. The third kappa shape index (κ3) is 7.66. The third-order valence-electron chi connectivity index (χ3n) is 4.14. The molecule has 0 saturated carbocycles. The molecular weight excluding hydrogens is 468 g/mol. The number of hydrogen-bond acceptors (Lipinski definition) is 7. The van der Waals surface area contributed by atoms with Crippen molar-refractivity contribution in [1.82, 2.24) is 9.97 Å². The van der Waals surface area contributed by atoms with E-state index in [1.165, 1.54) is 36.4 Å². The summed E-state index contributed by atoms with van der Waals surface area (Å²) in [4.78, 5) is 19.5. The van der Waals surface area contributed by atoms with Crippen molar-refractivity contribution in [3.63, 3.8) is 0 Å². The molecule has 0 aliphatic rings. The van der Waals surface area contributed by atoms with Crippen LogP contribution in [0, 0.1) is 5.82 Å². The van der Waals surface area contributed by atoms with Gasteiger partial charge in [-0.3, -0.25) is 5.32 Å². The number of aromatic nitrogens is 2. The van der Waals surface area contributed by atoms with E-state index in [2.05, 4.69) is 31.1 Å². The van der Waals surface area contributed by atoms with Gasteiger partial charge in [-0.25, -0.2) is 19.6 Å². The van der Waals surface area contributed by atoms with Gasteiger partial charge in [0.25, 0.3) is 0 Å². The quantitative estimate of drug-likeness (QED) is 0.217. The SMILES string of the molecule is CC(C)(C)OC(=O)Nc1cccc(Nc2nc(N/N=C/c3ccccc3F)ncc2C(F)(F)F)c1. The number of halogens is 4. The fraction of sp³-hybridized carbons (Fsp3) is 0.217. The molecule has 184 valence electrons. The summed E-state index contributed by atoms with van der Waals surface area (Å²) in [5.41, 5.74) is 1.21. The van der Waals surface area contributed by atoms with Gasteiger partial charge < -0.3 is 10.1 Å². The zero-order valence-electron chi connectivity index (χ0n) is 18.9. The zero-order chi connectivity index (χ0) is 25.6. The van der Waals surface area contributed by atoms with Crippen molar-refractivity contribution in [3.05, 3.63) is 71.7 Å². The Balaban J connectivity index is 1.81. The van der Waals surface area contributed by atoms with Crippen LogP contribution in [0.2, 0.25) is 0 Å². The number of anilines is 4. The van der Waals surface area contributed by atoms with Crippen LogP contribution in [0.5, 0.6) is 0 Å². The molecule has 0 spiro atoms. The predicted molar refractivity (Wildman–Crippen MR) is 124 cm³/mol. The lowest BCUT2D eigenvalue weighted by molar-refractivity contribution is -0.137. The van der Waals surface area contributed by atoms with Crippen LogP contribution in [0.15, 0.2) is 59.8 Å². The maximum atomic E-state index is 13.7. The molecule has 1 heterocycles. The van der Waals surface area contributed by atoms with Crippen LogP contribution in [0.4, 0.5) is 45.5 Å². The normalized spacial score (nSPS) is 11.9. The fourth-order valence-corrected chi connectivity index (χ4v) is 2.71. The van der Waals surface area contributed by atoms with E-state index in [1.54, 1.807) is 32.9 Å². The first-order chi connectivity index (χ1) is 16.4. The lowest BCUT2D eigenvalue weighted by atomic mass is 10.2. The Labute approximate surface area is 198 Å². The fourth-order valence-electron chi connectivity index (χ4n) is 2.71. The van der Waals surface area contributed by atoms with Gasteiger partial charge in [0.05, 0.1) is 6.21 Å². The minimum absolute atomic E-state index is 0.166. The second kappa shape index (κ2) is 10.4. The molecule has 0 bridgehead atoms. The Kier molecular flexibility index (Phi) is 7.52. The number of ether oxygens (including phenoxy) is 1. The van der Waals surface area contributed by atoms with Gasteiger partial charge in [0.1, 0.15) is 22.8 Å². The van der Waals surface area contributed by atoms with Gasteiger partial charge in [0.15, 0.2) is 0 Å². The number of nitrogens with one attached hydrogen (secondary N) is 3. The predicted octanol–water partition coefficient (Wildman–Crippen LogP) is 6.17. The molecule has 35 heavy (non-hydrogen) atoms. The lowest BCUT2D eigenvalue weighted by Gasteiger charge is -2.20. The summed E-state index contributed by atoms with van der Waals surface area (Å²) in [6, 6.07) is 11.8. The topological polar surface area (TPSA) is 101 Å². The van der Waals surface area contributed by atoms with Gasteiger partial charge >= 0.3 is 12.3 Å². The van der Waals surface area contributed by atoms with E-state index >= 15 is 0 Å². The number of benzene rings is 2. The van der Waals surface area contributed by atoms with E-state index in [4.69, 9.17) is 4.74 Å². The summed E-state index contributed by atoms with van der Waals surface area (Å²) < 4.78 is 59.4. The van der Waals surface area contributed by atoms with Crippen LogP contribution >= 0.6 is 0 Å². The van der Waals surface area contributed by atoms with Crippen molar-refractivity contribution in [1.29, 1.82) is 0 Å². The number of carbonyl (C=O) groups is 1. The third-order valence-corrected chi connectivity index (χ3v) is 4.14. The molecule has 12 heteroatoms. The van der Waals surface area contributed by atoms with Crippen molar-refractivity contribution in [2.75, 3.05) is 16.1 Å². The molecule has 8 nitrogen and oxygen atoms in total. The van der Waals surface area contributed by atoms with Crippen molar-refractivity contribution >= 4 is 35.4 Å². The standard InChI is InChI=1S/C23H22F4N6O2/c1-22(2,3)35-21(34)31-16-9-6-8-15(11-16)30-19-17(23(25,26)27)13-28-20(32-19)33-29-12-14-7-4-5-10-18(14)24/h4-13H,1-3H3,(H,31,34)(H2,28,30,32,33)/b29-12+. The largest absolute Gasteiger partial charge is 0.444 e. The molecule has 0 saturated heterocycles. The van der Waals surface area contributed by atoms with E-state index < -0.39 is 35.1 Å². The maximum Gasteiger partial charge on any atom is 0.421 e. The lowest BCUT2D eigenvalue weighted by Crippen LogP contribution is -2.27. The van der Waals surface area contributed by atoms with E-state index in [1.807, 2.05) is 0 Å². The van der Waals surface area contributed by atoms with Crippen molar-refractivity contribution in [2.24, 2.45) is 5.10 Å². The maximum absolute atomic E-state index is 13.7. The molecule has 1 aromatic heterocycles. The van der Waals surface area contributed by atoms with Crippen molar-refractivity contribution < 1.29 is 27.1 Å².